The molecule has 0 heterocycles. The lowest BCUT2D eigenvalue weighted by Crippen LogP contribution is -2.29. The predicted octanol–water partition coefficient (Wildman–Crippen LogP) is 6.61. The fourth-order valence-electron chi connectivity index (χ4n) is 6.55. The second kappa shape index (κ2) is 15.9. The lowest BCUT2D eigenvalue weighted by atomic mass is 9.67. The van der Waals surface area contributed by atoms with Crippen LogP contribution in [-0.2, 0) is 31.0 Å². The van der Waals surface area contributed by atoms with Crippen molar-refractivity contribution in [2.45, 2.75) is 32.8 Å². The minimum Gasteiger partial charge on any atom is -0.489 e. The van der Waals surface area contributed by atoms with Crippen molar-refractivity contribution in [3.8, 4) is 16.9 Å². The van der Waals surface area contributed by atoms with Crippen LogP contribution in [0.15, 0.2) is 72.8 Å². The first-order chi connectivity index (χ1) is 22.8. The molecule has 4 aromatic carbocycles. The number of aliphatic hydroxyl groups is 1. The van der Waals surface area contributed by atoms with E-state index in [1.807, 2.05) is 14.1 Å². The number of aryl methyl sites for hydroxylation is 3. The van der Waals surface area contributed by atoms with Crippen molar-refractivity contribution < 1.29 is 28.8 Å². The van der Waals surface area contributed by atoms with Crippen LogP contribution in [0.1, 0.15) is 44.5 Å². The number of ether oxygens (including phenoxy) is 5. The van der Waals surface area contributed by atoms with Crippen molar-refractivity contribution in [3.63, 3.8) is 0 Å². The monoisotopic (exact) mass is 639 g/mol. The maximum atomic E-state index is 9.02. The Labute approximate surface area is 280 Å². The molecule has 0 atom stereocenters. The average molecular weight is 640 g/mol. The Morgan fingerprint density at radius 3 is 1.89 bits per heavy atom. The van der Waals surface area contributed by atoms with E-state index < -0.39 is 5.41 Å². The van der Waals surface area contributed by atoms with Crippen LogP contribution in [0.5, 0.6) is 5.75 Å². The predicted molar refractivity (Wildman–Crippen MR) is 188 cm³/mol. The number of nitrogens with zero attached hydrogens (tertiary/aromatic N) is 1. The van der Waals surface area contributed by atoms with Crippen molar-refractivity contribution in [2.24, 2.45) is 0 Å². The summed E-state index contributed by atoms with van der Waals surface area (Å²) in [5.41, 5.74) is 12.5. The van der Waals surface area contributed by atoms with E-state index in [2.05, 4.69) is 98.5 Å². The van der Waals surface area contributed by atoms with Gasteiger partial charge in [0.25, 0.3) is 0 Å². The van der Waals surface area contributed by atoms with Crippen LogP contribution in [0.3, 0.4) is 0 Å². The number of anilines is 1. The molecule has 7 nitrogen and oxygen atoms in total. The molecular weight excluding hydrogens is 590 g/mol. The largest absolute Gasteiger partial charge is 0.489 e. The normalized spacial score (nSPS) is 13.0. The molecule has 1 N–H and O–H groups in total. The Hall–Kier alpha value is -3.72. The van der Waals surface area contributed by atoms with Crippen LogP contribution >= 0.6 is 0 Å². The van der Waals surface area contributed by atoms with Crippen molar-refractivity contribution >= 4 is 5.69 Å². The number of benzene rings is 4. The topological polar surface area (TPSA) is 69.6 Å². The van der Waals surface area contributed by atoms with E-state index in [4.69, 9.17) is 28.8 Å². The fourth-order valence-corrected chi connectivity index (χ4v) is 6.55. The molecule has 0 saturated carbocycles. The average Bonchev–Trinajstić information content (AvgIpc) is 3.34. The molecule has 0 spiro atoms. The van der Waals surface area contributed by atoms with Gasteiger partial charge in [-0.1, -0.05) is 71.8 Å². The third kappa shape index (κ3) is 7.40. The molecule has 0 bridgehead atoms. The molecule has 7 heteroatoms. The Morgan fingerprint density at radius 2 is 1.23 bits per heavy atom. The fraction of sp³-hybridized carbons (Fsp3) is 0.400. The molecule has 1 aliphatic rings. The first kappa shape index (κ1) is 34.6. The summed E-state index contributed by atoms with van der Waals surface area (Å²) < 4.78 is 28.8. The van der Waals surface area contributed by atoms with Crippen molar-refractivity contribution in [1.82, 2.24) is 0 Å². The molecule has 1 aliphatic carbocycles. The Kier molecular flexibility index (Phi) is 11.7. The lowest BCUT2D eigenvalue weighted by Gasteiger charge is -2.35. The van der Waals surface area contributed by atoms with Crippen LogP contribution in [0.25, 0.3) is 11.1 Å². The molecule has 0 amide bonds. The van der Waals surface area contributed by atoms with Gasteiger partial charge in [0.05, 0.1) is 64.0 Å². The first-order valence-corrected chi connectivity index (χ1v) is 16.4. The van der Waals surface area contributed by atoms with Gasteiger partial charge in [0, 0.05) is 21.2 Å². The zero-order valence-electron chi connectivity index (χ0n) is 28.7. The zero-order valence-corrected chi connectivity index (χ0v) is 28.7. The number of aliphatic hydroxyl groups excluding tert-OH is 1. The van der Waals surface area contributed by atoms with Crippen molar-refractivity contribution in [2.75, 3.05) is 79.0 Å². The zero-order chi connectivity index (χ0) is 33.4. The van der Waals surface area contributed by atoms with Gasteiger partial charge in [-0.2, -0.15) is 0 Å². The van der Waals surface area contributed by atoms with Crippen LogP contribution < -0.4 is 9.64 Å². The molecule has 0 fully saturated rings. The minimum atomic E-state index is -0.590. The van der Waals surface area contributed by atoms with Crippen molar-refractivity contribution in [3.05, 3.63) is 117 Å². The van der Waals surface area contributed by atoms with Gasteiger partial charge in [0.1, 0.15) is 12.4 Å². The van der Waals surface area contributed by atoms with E-state index >= 15 is 0 Å². The number of fused-ring (bicyclic) bond motifs is 3. The van der Waals surface area contributed by atoms with Crippen LogP contribution in [0.2, 0.25) is 0 Å². The van der Waals surface area contributed by atoms with E-state index in [1.54, 1.807) is 7.11 Å². The quantitative estimate of drug-likeness (QED) is 0.115. The number of rotatable bonds is 17. The third-order valence-electron chi connectivity index (χ3n) is 8.89. The second-order valence-electron chi connectivity index (χ2n) is 12.4. The molecule has 0 aromatic heterocycles. The minimum absolute atomic E-state index is 0.00950. The third-order valence-corrected chi connectivity index (χ3v) is 8.89. The molecule has 47 heavy (non-hydrogen) atoms. The van der Waals surface area contributed by atoms with Gasteiger partial charge in [-0.25, -0.2) is 0 Å². The smallest absolute Gasteiger partial charge is 0.143 e. The van der Waals surface area contributed by atoms with E-state index in [-0.39, 0.29) is 6.61 Å². The highest BCUT2D eigenvalue weighted by Gasteiger charge is 2.46. The molecule has 5 rings (SSSR count). The highest BCUT2D eigenvalue weighted by atomic mass is 16.5. The molecule has 0 unspecified atom stereocenters. The maximum absolute atomic E-state index is 9.02. The standard InChI is InChI=1S/C40H49NO6/c1-28-7-12-34-35-13-8-29(2)24-37(35)40(36(34)23-28,32-10-9-30(3)31(25-32)27-46-20-19-44-16-15-42)33-11-14-38(41(4)5)39(26-33)47-22-21-45-18-17-43-6/h7-14,23-26,42H,15-22,27H2,1-6H3. The molecular formula is C40H49NO6. The summed E-state index contributed by atoms with van der Waals surface area (Å²) in [6.45, 7) is 10.2. The van der Waals surface area contributed by atoms with E-state index in [9.17, 15) is 0 Å². The van der Waals surface area contributed by atoms with Gasteiger partial charge in [0.2, 0.25) is 0 Å². The summed E-state index contributed by atoms with van der Waals surface area (Å²) >= 11 is 0. The van der Waals surface area contributed by atoms with E-state index in [1.165, 1.54) is 44.5 Å². The molecule has 250 valence electrons. The Bertz CT molecular complexity index is 1600. The summed E-state index contributed by atoms with van der Waals surface area (Å²) in [5, 5.41) is 9.02. The number of hydrogen-bond acceptors (Lipinski definition) is 7. The van der Waals surface area contributed by atoms with Gasteiger partial charge in [-0.15, -0.1) is 0 Å². The SMILES string of the molecule is COCCOCCOc1cc(C2(c3ccc(C)c(COCCOCCO)c3)c3cc(C)ccc3-c3ccc(C)cc32)ccc1N(C)C. The Balaban J connectivity index is 1.66. The molecule has 0 aliphatic heterocycles. The second-order valence-corrected chi connectivity index (χ2v) is 12.4. The summed E-state index contributed by atoms with van der Waals surface area (Å²) in [4.78, 5) is 2.09. The van der Waals surface area contributed by atoms with E-state index in [0.717, 1.165) is 22.6 Å². The Morgan fingerprint density at radius 1 is 0.638 bits per heavy atom. The summed E-state index contributed by atoms with van der Waals surface area (Å²) in [7, 11) is 5.76. The number of methoxy groups -OCH3 is 1. The number of hydrogen-bond donors (Lipinski definition) is 1. The first-order valence-electron chi connectivity index (χ1n) is 16.4. The van der Waals surface area contributed by atoms with E-state index in [0.29, 0.717) is 52.9 Å². The molecule has 0 radical (unpaired) electrons. The van der Waals surface area contributed by atoms with Crippen LogP contribution in [-0.4, -0.2) is 79.2 Å². The summed E-state index contributed by atoms with van der Waals surface area (Å²) in [6.07, 6.45) is 0. The van der Waals surface area contributed by atoms with Gasteiger partial charge < -0.3 is 33.7 Å². The summed E-state index contributed by atoms with van der Waals surface area (Å²) in [6, 6.07) is 27.1. The van der Waals surface area contributed by atoms with Gasteiger partial charge >= 0.3 is 0 Å². The van der Waals surface area contributed by atoms with Gasteiger partial charge in [0.15, 0.2) is 0 Å². The van der Waals surface area contributed by atoms with Gasteiger partial charge in [-0.05, 0) is 77.4 Å². The lowest BCUT2D eigenvalue weighted by molar-refractivity contribution is 0.0273. The van der Waals surface area contributed by atoms with Crippen molar-refractivity contribution in [1.29, 1.82) is 0 Å². The molecule has 0 saturated heterocycles. The maximum Gasteiger partial charge on any atom is 0.143 e. The van der Waals surface area contributed by atoms with Crippen LogP contribution in [0, 0.1) is 20.8 Å². The molecule has 4 aromatic rings. The highest BCUT2D eigenvalue weighted by molar-refractivity contribution is 5.87. The summed E-state index contributed by atoms with van der Waals surface area (Å²) in [5.74, 6) is 0.816. The van der Waals surface area contributed by atoms with Crippen LogP contribution in [0.4, 0.5) is 5.69 Å². The highest BCUT2D eigenvalue weighted by Crippen LogP contribution is 2.57. The van der Waals surface area contributed by atoms with Gasteiger partial charge in [-0.3, -0.25) is 0 Å².